The number of aryl methyl sites for hydroxylation is 1. The molecule has 4 nitrogen and oxygen atoms in total. The number of rotatable bonds is 5. The number of aromatic nitrogens is 1. The van der Waals surface area contributed by atoms with E-state index in [1.54, 1.807) is 7.11 Å². The van der Waals surface area contributed by atoms with E-state index in [9.17, 15) is 0 Å². The van der Waals surface area contributed by atoms with Gasteiger partial charge in [-0.2, -0.15) is 0 Å². The molecule has 2 N–H and O–H groups in total. The number of nitrogen functional groups attached to an aromatic ring is 1. The van der Waals surface area contributed by atoms with Gasteiger partial charge in [-0.25, -0.2) is 0 Å². The number of pyridine rings is 1. The number of anilines is 1. The molecular weight excluding hydrogens is 250 g/mol. The van der Waals surface area contributed by atoms with Crippen LogP contribution in [-0.4, -0.2) is 24.0 Å². The number of hydrogen-bond acceptors (Lipinski definition) is 4. The Bertz CT molecular complexity index is 584. The van der Waals surface area contributed by atoms with Gasteiger partial charge in [-0.05, 0) is 43.8 Å². The molecular formula is C16H21N3O. The average molecular weight is 271 g/mol. The molecule has 0 aliphatic carbocycles. The van der Waals surface area contributed by atoms with Crippen LogP contribution >= 0.6 is 0 Å². The van der Waals surface area contributed by atoms with Crippen LogP contribution in [0.15, 0.2) is 36.4 Å². The summed E-state index contributed by atoms with van der Waals surface area (Å²) in [6.45, 7) is 3.61. The van der Waals surface area contributed by atoms with E-state index in [2.05, 4.69) is 16.9 Å². The molecule has 2 aromatic rings. The first kappa shape index (κ1) is 14.3. The van der Waals surface area contributed by atoms with Gasteiger partial charge in [0, 0.05) is 30.5 Å². The molecule has 0 atom stereocenters. The Morgan fingerprint density at radius 2 is 2.00 bits per heavy atom. The monoisotopic (exact) mass is 271 g/mol. The smallest absolute Gasteiger partial charge is 0.121 e. The Kier molecular flexibility index (Phi) is 4.58. The van der Waals surface area contributed by atoms with Crippen molar-refractivity contribution in [3.8, 4) is 5.75 Å². The fourth-order valence-electron chi connectivity index (χ4n) is 2.23. The molecule has 0 aliphatic rings. The molecule has 0 radical (unpaired) electrons. The maximum atomic E-state index is 5.87. The molecule has 1 heterocycles. The minimum atomic E-state index is 0.724. The van der Waals surface area contributed by atoms with E-state index in [1.807, 2.05) is 43.3 Å². The third kappa shape index (κ3) is 3.96. The van der Waals surface area contributed by atoms with Crippen LogP contribution in [0.2, 0.25) is 0 Å². The Labute approximate surface area is 120 Å². The molecule has 2 rings (SSSR count). The van der Waals surface area contributed by atoms with Gasteiger partial charge in [0.05, 0.1) is 12.8 Å². The first-order valence-electron chi connectivity index (χ1n) is 6.61. The number of ether oxygens (including phenoxy) is 1. The van der Waals surface area contributed by atoms with Crippen molar-refractivity contribution in [3.63, 3.8) is 0 Å². The van der Waals surface area contributed by atoms with Crippen molar-refractivity contribution >= 4 is 5.69 Å². The van der Waals surface area contributed by atoms with Crippen LogP contribution in [0.4, 0.5) is 5.69 Å². The molecule has 20 heavy (non-hydrogen) atoms. The molecule has 0 saturated carbocycles. The first-order chi connectivity index (χ1) is 9.56. The van der Waals surface area contributed by atoms with E-state index < -0.39 is 0 Å². The highest BCUT2D eigenvalue weighted by molar-refractivity contribution is 5.47. The van der Waals surface area contributed by atoms with E-state index >= 15 is 0 Å². The maximum Gasteiger partial charge on any atom is 0.121 e. The summed E-state index contributed by atoms with van der Waals surface area (Å²) in [7, 11) is 3.72. The zero-order valence-electron chi connectivity index (χ0n) is 12.3. The summed E-state index contributed by atoms with van der Waals surface area (Å²) in [5.74, 6) is 0.794. The van der Waals surface area contributed by atoms with Gasteiger partial charge in [-0.15, -0.1) is 0 Å². The molecule has 1 aromatic heterocycles. The molecule has 0 bridgehead atoms. The van der Waals surface area contributed by atoms with Gasteiger partial charge >= 0.3 is 0 Å². The highest BCUT2D eigenvalue weighted by Gasteiger charge is 2.05. The predicted molar refractivity (Wildman–Crippen MR) is 81.6 cm³/mol. The van der Waals surface area contributed by atoms with E-state index in [0.29, 0.717) is 0 Å². The standard InChI is InChI=1S/C16H21N3O/c1-12-5-4-6-15(18-12)11-19(2)10-13-7-14(17)9-16(8-13)20-3/h4-9H,10-11,17H2,1-3H3. The van der Waals surface area contributed by atoms with Crippen LogP contribution in [0.5, 0.6) is 5.75 Å². The lowest BCUT2D eigenvalue weighted by molar-refractivity contribution is 0.314. The van der Waals surface area contributed by atoms with Gasteiger partial charge in [-0.3, -0.25) is 9.88 Å². The van der Waals surface area contributed by atoms with Crippen LogP contribution in [-0.2, 0) is 13.1 Å². The van der Waals surface area contributed by atoms with Crippen molar-refractivity contribution < 1.29 is 4.74 Å². The summed E-state index contributed by atoms with van der Waals surface area (Å²) in [6, 6.07) is 11.9. The van der Waals surface area contributed by atoms with Crippen LogP contribution in [0.25, 0.3) is 0 Å². The number of nitrogens with zero attached hydrogens (tertiary/aromatic N) is 2. The predicted octanol–water partition coefficient (Wildman–Crippen LogP) is 2.61. The minimum Gasteiger partial charge on any atom is -0.497 e. The summed E-state index contributed by atoms with van der Waals surface area (Å²) in [5, 5.41) is 0. The quantitative estimate of drug-likeness (QED) is 0.849. The second-order valence-electron chi connectivity index (χ2n) is 5.06. The van der Waals surface area contributed by atoms with Gasteiger partial charge in [0.1, 0.15) is 5.75 Å². The topological polar surface area (TPSA) is 51.4 Å². The van der Waals surface area contributed by atoms with Gasteiger partial charge in [0.15, 0.2) is 0 Å². The van der Waals surface area contributed by atoms with Crippen LogP contribution < -0.4 is 10.5 Å². The lowest BCUT2D eigenvalue weighted by Gasteiger charge is -2.17. The van der Waals surface area contributed by atoms with E-state index in [1.165, 1.54) is 0 Å². The zero-order chi connectivity index (χ0) is 14.5. The molecule has 0 unspecified atom stereocenters. The van der Waals surface area contributed by atoms with Gasteiger partial charge in [0.25, 0.3) is 0 Å². The summed E-state index contributed by atoms with van der Waals surface area (Å²) in [4.78, 5) is 6.72. The Balaban J connectivity index is 2.04. The molecule has 0 aliphatic heterocycles. The highest BCUT2D eigenvalue weighted by atomic mass is 16.5. The first-order valence-corrected chi connectivity index (χ1v) is 6.61. The van der Waals surface area contributed by atoms with Gasteiger partial charge in [0.2, 0.25) is 0 Å². The van der Waals surface area contributed by atoms with Crippen molar-refractivity contribution in [2.45, 2.75) is 20.0 Å². The number of nitrogens with two attached hydrogens (primary N) is 1. The lowest BCUT2D eigenvalue weighted by Crippen LogP contribution is -2.18. The minimum absolute atomic E-state index is 0.724. The van der Waals surface area contributed by atoms with Crippen LogP contribution in [0.3, 0.4) is 0 Å². The molecule has 0 fully saturated rings. The Hall–Kier alpha value is -2.07. The van der Waals surface area contributed by atoms with Gasteiger partial charge < -0.3 is 10.5 Å². The van der Waals surface area contributed by atoms with Gasteiger partial charge in [-0.1, -0.05) is 6.07 Å². The molecule has 4 heteroatoms. The number of benzene rings is 1. The molecule has 1 aromatic carbocycles. The highest BCUT2D eigenvalue weighted by Crippen LogP contribution is 2.19. The lowest BCUT2D eigenvalue weighted by atomic mass is 10.1. The second-order valence-corrected chi connectivity index (χ2v) is 5.06. The summed E-state index contributed by atoms with van der Waals surface area (Å²) in [5.41, 5.74) is 9.85. The van der Waals surface area contributed by atoms with Crippen LogP contribution in [0, 0.1) is 6.92 Å². The van der Waals surface area contributed by atoms with Crippen molar-refractivity contribution in [2.24, 2.45) is 0 Å². The van der Waals surface area contributed by atoms with Crippen molar-refractivity contribution in [3.05, 3.63) is 53.3 Å². The molecule has 0 amide bonds. The Morgan fingerprint density at radius 1 is 1.20 bits per heavy atom. The third-order valence-corrected chi connectivity index (χ3v) is 3.05. The fraction of sp³-hybridized carbons (Fsp3) is 0.312. The summed E-state index contributed by atoms with van der Waals surface area (Å²) >= 11 is 0. The zero-order valence-corrected chi connectivity index (χ0v) is 12.3. The molecule has 0 spiro atoms. The van der Waals surface area contributed by atoms with Crippen molar-refractivity contribution in [1.82, 2.24) is 9.88 Å². The van der Waals surface area contributed by atoms with E-state index in [4.69, 9.17) is 10.5 Å². The molecule has 0 saturated heterocycles. The second kappa shape index (κ2) is 6.39. The average Bonchev–Trinajstić information content (AvgIpc) is 2.37. The molecule has 106 valence electrons. The van der Waals surface area contributed by atoms with E-state index in [-0.39, 0.29) is 0 Å². The Morgan fingerprint density at radius 3 is 2.70 bits per heavy atom. The van der Waals surface area contributed by atoms with E-state index in [0.717, 1.165) is 41.5 Å². The van der Waals surface area contributed by atoms with Crippen molar-refractivity contribution in [1.29, 1.82) is 0 Å². The third-order valence-electron chi connectivity index (χ3n) is 3.05. The van der Waals surface area contributed by atoms with Crippen LogP contribution in [0.1, 0.15) is 17.0 Å². The fourth-order valence-corrected chi connectivity index (χ4v) is 2.23. The number of methoxy groups -OCH3 is 1. The van der Waals surface area contributed by atoms with Crippen molar-refractivity contribution in [2.75, 3.05) is 19.9 Å². The normalized spacial score (nSPS) is 10.8. The largest absolute Gasteiger partial charge is 0.497 e. The number of hydrogen-bond donors (Lipinski definition) is 1. The SMILES string of the molecule is COc1cc(N)cc(CN(C)Cc2cccc(C)n2)c1. The summed E-state index contributed by atoms with van der Waals surface area (Å²) in [6.07, 6.45) is 0. The summed E-state index contributed by atoms with van der Waals surface area (Å²) < 4.78 is 5.24. The maximum absolute atomic E-state index is 5.87.